The predicted octanol–water partition coefficient (Wildman–Crippen LogP) is -8.56. The van der Waals surface area contributed by atoms with Crippen LogP contribution in [0.3, 0.4) is 0 Å². The predicted molar refractivity (Wildman–Crippen MR) is 24.9 cm³/mol. The topological polar surface area (TPSA) is 106 Å². The molecule has 0 heterocycles. The Balaban J connectivity index is -0.0000000383. The number of carbonyl (C=O) groups excluding carboxylic acids is 2. The molecule has 11 heavy (non-hydrogen) atoms. The van der Waals surface area contributed by atoms with E-state index in [1.54, 1.807) is 6.92 Å². The van der Waals surface area contributed by atoms with Gasteiger partial charge in [0.05, 0.1) is 0 Å². The van der Waals surface area contributed by atoms with Crippen molar-refractivity contribution in [3.05, 3.63) is 0 Å². The molecule has 5 nitrogen and oxygen atoms in total. The molecule has 0 aliphatic rings. The summed E-state index contributed by atoms with van der Waals surface area (Å²) >= 11 is 0. The number of primary amides is 1. The van der Waals surface area contributed by atoms with Crippen molar-refractivity contribution in [1.82, 2.24) is 0 Å². The van der Waals surface area contributed by atoms with Gasteiger partial charge in [0.15, 0.2) is 0 Å². The van der Waals surface area contributed by atoms with Gasteiger partial charge < -0.3 is 20.7 Å². The summed E-state index contributed by atoms with van der Waals surface area (Å²) in [5.74, 6) is -0.245. The molecule has 0 aliphatic heterocycles. The van der Waals surface area contributed by atoms with Gasteiger partial charge in [0.1, 0.15) is 0 Å². The van der Waals surface area contributed by atoms with Crippen molar-refractivity contribution in [2.24, 2.45) is 5.73 Å². The number of rotatable bonds is 1. The quantitative estimate of drug-likeness (QED) is 0.435. The summed E-state index contributed by atoms with van der Waals surface area (Å²) < 4.78 is 0. The summed E-state index contributed by atoms with van der Waals surface area (Å²) in [6.45, 7) is 1.72. The molecular formula is C4H7K2NO4. The molecule has 0 rings (SSSR count). The molecule has 0 atom stereocenters. The molecule has 0 aromatic rings. The number of hydrogen-bond acceptors (Lipinski definition) is 4. The van der Waals surface area contributed by atoms with Gasteiger partial charge in [-0.1, -0.05) is 6.92 Å². The average Bonchev–Trinajstić information content (AvgIpc) is 1.65. The van der Waals surface area contributed by atoms with E-state index < -0.39 is 6.16 Å². The molecule has 0 saturated heterocycles. The molecule has 0 spiro atoms. The van der Waals surface area contributed by atoms with Crippen LogP contribution in [0.4, 0.5) is 4.79 Å². The molecule has 0 saturated carbocycles. The third-order valence-corrected chi connectivity index (χ3v) is 0.348. The van der Waals surface area contributed by atoms with Gasteiger partial charge in [0.2, 0.25) is 5.91 Å². The smallest absolute Gasteiger partial charge is 0.652 e. The summed E-state index contributed by atoms with van der Waals surface area (Å²) in [7, 11) is 0. The second kappa shape index (κ2) is 17.9. The first kappa shape index (κ1) is 23.1. The first-order valence-electron chi connectivity index (χ1n) is 2.17. The Hall–Kier alpha value is 2.01. The van der Waals surface area contributed by atoms with E-state index in [1.165, 1.54) is 0 Å². The maximum absolute atomic E-state index is 9.59. The standard InChI is InChI=1S/C3H7NO.CH2O3.2K/c1-2-3(4)5;2-1(3)4;;/h2H2,1H3,(H2,4,5);(H2,2,3,4);;/q;;2*+1/p-2. The monoisotopic (exact) mass is 211 g/mol. The minimum absolute atomic E-state index is 0. The molecule has 0 aliphatic carbocycles. The van der Waals surface area contributed by atoms with Gasteiger partial charge in [-0.05, 0) is 6.16 Å². The van der Waals surface area contributed by atoms with Crippen LogP contribution in [0, 0.1) is 0 Å². The van der Waals surface area contributed by atoms with E-state index in [9.17, 15) is 4.79 Å². The van der Waals surface area contributed by atoms with Crippen LogP contribution in [-0.2, 0) is 4.79 Å². The molecule has 7 heteroatoms. The Bertz CT molecular complexity index is 104. The molecule has 0 radical (unpaired) electrons. The minimum Gasteiger partial charge on any atom is -0.652 e. The third-order valence-electron chi connectivity index (χ3n) is 0.348. The van der Waals surface area contributed by atoms with E-state index in [0.717, 1.165) is 0 Å². The average molecular weight is 211 g/mol. The van der Waals surface area contributed by atoms with E-state index in [4.69, 9.17) is 15.0 Å². The van der Waals surface area contributed by atoms with Crippen LogP contribution < -0.4 is 119 Å². The van der Waals surface area contributed by atoms with Crippen molar-refractivity contribution in [2.45, 2.75) is 13.3 Å². The fourth-order valence-electron chi connectivity index (χ4n) is 0. The van der Waals surface area contributed by atoms with E-state index >= 15 is 0 Å². The summed E-state index contributed by atoms with van der Waals surface area (Å²) in [6.07, 6.45) is -1.89. The Morgan fingerprint density at radius 3 is 1.36 bits per heavy atom. The van der Waals surface area contributed by atoms with Crippen molar-refractivity contribution in [1.29, 1.82) is 0 Å². The van der Waals surface area contributed by atoms with Gasteiger partial charge >= 0.3 is 103 Å². The molecule has 0 unspecified atom stereocenters. The van der Waals surface area contributed by atoms with E-state index in [0.29, 0.717) is 6.42 Å². The first-order chi connectivity index (χ1) is 4.00. The van der Waals surface area contributed by atoms with Crippen molar-refractivity contribution in [3.8, 4) is 0 Å². The Morgan fingerprint density at radius 2 is 1.36 bits per heavy atom. The van der Waals surface area contributed by atoms with E-state index in [1.807, 2.05) is 0 Å². The number of hydrogen-bond donors (Lipinski definition) is 1. The second-order valence-electron chi connectivity index (χ2n) is 1.07. The molecule has 1 amide bonds. The molecular weight excluding hydrogens is 204 g/mol. The number of carbonyl (C=O) groups is 2. The fraction of sp³-hybridized carbons (Fsp3) is 0.500. The minimum atomic E-state index is -2.33. The van der Waals surface area contributed by atoms with Crippen LogP contribution in [-0.4, -0.2) is 12.1 Å². The molecule has 54 valence electrons. The number of nitrogens with two attached hydrogens (primary N) is 1. The van der Waals surface area contributed by atoms with E-state index in [-0.39, 0.29) is 109 Å². The van der Waals surface area contributed by atoms with Crippen molar-refractivity contribution in [2.75, 3.05) is 0 Å². The van der Waals surface area contributed by atoms with Crippen molar-refractivity contribution in [3.63, 3.8) is 0 Å². The number of amides is 1. The van der Waals surface area contributed by atoms with Crippen molar-refractivity contribution >= 4 is 12.1 Å². The molecule has 2 N–H and O–H groups in total. The zero-order valence-electron chi connectivity index (χ0n) is 6.92. The maximum atomic E-state index is 9.59. The van der Waals surface area contributed by atoms with Crippen LogP contribution >= 0.6 is 0 Å². The van der Waals surface area contributed by atoms with Gasteiger partial charge in [-0.2, -0.15) is 0 Å². The summed E-state index contributed by atoms with van der Waals surface area (Å²) in [5.41, 5.74) is 4.65. The SMILES string of the molecule is CCC(N)=O.O=C([O-])[O-].[K+].[K+]. The number of carboxylic acid groups (broad SMARTS) is 2. The van der Waals surface area contributed by atoms with Gasteiger partial charge in [-0.15, -0.1) is 0 Å². The van der Waals surface area contributed by atoms with Crippen molar-refractivity contribution < 1.29 is 123 Å². The van der Waals surface area contributed by atoms with Gasteiger partial charge in [0.25, 0.3) is 0 Å². The molecule has 0 fully saturated rings. The second-order valence-corrected chi connectivity index (χ2v) is 1.07. The Morgan fingerprint density at radius 1 is 1.27 bits per heavy atom. The largest absolute Gasteiger partial charge is 1.00 e. The van der Waals surface area contributed by atoms with Crippen LogP contribution in [0.25, 0.3) is 0 Å². The molecule has 0 bridgehead atoms. The summed E-state index contributed by atoms with van der Waals surface area (Å²) in [4.78, 5) is 17.9. The summed E-state index contributed by atoms with van der Waals surface area (Å²) in [6, 6.07) is 0. The molecule has 0 aromatic carbocycles. The van der Waals surface area contributed by atoms with Gasteiger partial charge in [-0.3, -0.25) is 4.79 Å². The zero-order valence-corrected chi connectivity index (χ0v) is 13.2. The first-order valence-corrected chi connectivity index (χ1v) is 2.17. The van der Waals surface area contributed by atoms with Crippen LogP contribution in [0.1, 0.15) is 13.3 Å². The Kier molecular flexibility index (Phi) is 37.7. The van der Waals surface area contributed by atoms with Gasteiger partial charge in [-0.25, -0.2) is 0 Å². The third kappa shape index (κ3) is 74.8. The zero-order chi connectivity index (χ0) is 7.86. The Labute approximate surface area is 150 Å². The normalized spacial score (nSPS) is 5.55. The van der Waals surface area contributed by atoms with Crippen LogP contribution in [0.5, 0.6) is 0 Å². The maximum Gasteiger partial charge on any atom is 1.00 e. The fourth-order valence-corrected chi connectivity index (χ4v) is 0. The van der Waals surface area contributed by atoms with Crippen LogP contribution in [0.15, 0.2) is 0 Å². The van der Waals surface area contributed by atoms with E-state index in [2.05, 4.69) is 5.73 Å². The summed E-state index contributed by atoms with van der Waals surface area (Å²) in [5, 5.41) is 16.7. The van der Waals surface area contributed by atoms with Crippen LogP contribution in [0.2, 0.25) is 0 Å². The molecule has 0 aromatic heterocycles. The van der Waals surface area contributed by atoms with Gasteiger partial charge in [0, 0.05) is 6.42 Å².